The molecule has 3 saturated heterocycles. The molecule has 7 heterocycles. The zero-order valence-electron chi connectivity index (χ0n) is 18.5. The molecule has 4 aromatic rings. The molecule has 166 valence electrons. The molecule has 34 heavy (non-hydrogen) atoms. The number of terminal acetylenes is 1. The van der Waals surface area contributed by atoms with Crippen molar-refractivity contribution >= 4 is 17.2 Å². The Labute approximate surface area is 195 Å². The first kappa shape index (κ1) is 20.0. The van der Waals surface area contributed by atoms with E-state index in [1.807, 2.05) is 48.7 Å². The van der Waals surface area contributed by atoms with Crippen LogP contribution in [0.2, 0.25) is 0 Å². The number of pyridine rings is 2. The van der Waals surface area contributed by atoms with Crippen molar-refractivity contribution in [2.75, 3.05) is 18.0 Å². The van der Waals surface area contributed by atoms with E-state index in [0.717, 1.165) is 53.1 Å². The number of nitrogens with zero attached hydrogens (tertiary/aromatic N) is 8. The van der Waals surface area contributed by atoms with Gasteiger partial charge in [0.1, 0.15) is 11.9 Å². The van der Waals surface area contributed by atoms with Crippen LogP contribution in [0.1, 0.15) is 12.0 Å². The number of piperidine rings is 1. The van der Waals surface area contributed by atoms with E-state index in [1.165, 1.54) is 0 Å². The van der Waals surface area contributed by atoms with E-state index in [1.54, 1.807) is 21.6 Å². The summed E-state index contributed by atoms with van der Waals surface area (Å²) in [6.45, 7) is 1.44. The number of nitriles is 1. The van der Waals surface area contributed by atoms with Crippen molar-refractivity contribution in [1.82, 2.24) is 29.3 Å². The minimum absolute atomic E-state index is 0.143. The number of rotatable bonds is 3. The summed E-state index contributed by atoms with van der Waals surface area (Å²) >= 11 is 0. The highest BCUT2D eigenvalue weighted by molar-refractivity contribution is 5.94. The van der Waals surface area contributed by atoms with Crippen molar-refractivity contribution < 1.29 is 4.79 Å². The summed E-state index contributed by atoms with van der Waals surface area (Å²) in [5.41, 5.74) is 4.92. The average Bonchev–Trinajstić information content (AvgIpc) is 3.49. The summed E-state index contributed by atoms with van der Waals surface area (Å²) in [6, 6.07) is 8.58. The summed E-state index contributed by atoms with van der Waals surface area (Å²) in [6.07, 6.45) is 15.4. The SMILES string of the molecule is C#CC(=O)N1C2CC1CN(c1ccc(-c3cc(-c4cnn(C)c4)cn4ncc(C#N)c34)cn1)C2. The van der Waals surface area contributed by atoms with E-state index in [0.29, 0.717) is 5.56 Å². The Morgan fingerprint density at radius 3 is 2.56 bits per heavy atom. The van der Waals surface area contributed by atoms with Crippen LogP contribution < -0.4 is 4.90 Å². The van der Waals surface area contributed by atoms with Crippen LogP contribution in [0.3, 0.4) is 0 Å². The smallest absolute Gasteiger partial charge is 0.298 e. The Morgan fingerprint density at radius 2 is 1.91 bits per heavy atom. The Bertz CT molecular complexity index is 1510. The number of piperazine rings is 1. The zero-order valence-corrected chi connectivity index (χ0v) is 18.5. The molecule has 3 fully saturated rings. The number of amides is 1. The van der Waals surface area contributed by atoms with E-state index >= 15 is 0 Å². The molecule has 0 aromatic carbocycles. The van der Waals surface area contributed by atoms with Gasteiger partial charge in [0.05, 0.1) is 35.6 Å². The molecule has 2 unspecified atom stereocenters. The second kappa shape index (κ2) is 7.46. The Kier molecular flexibility index (Phi) is 4.39. The second-order valence-corrected chi connectivity index (χ2v) is 8.72. The topological polar surface area (TPSA) is 95.4 Å². The van der Waals surface area contributed by atoms with Crippen LogP contribution in [-0.2, 0) is 11.8 Å². The number of anilines is 1. The first-order valence-electron chi connectivity index (χ1n) is 11.0. The molecule has 1 amide bonds. The molecule has 2 bridgehead atoms. The minimum Gasteiger partial charge on any atom is -0.352 e. The predicted octanol–water partition coefficient (Wildman–Crippen LogP) is 2.09. The molecule has 0 radical (unpaired) electrons. The van der Waals surface area contributed by atoms with Crippen molar-refractivity contribution in [3.8, 4) is 40.7 Å². The summed E-state index contributed by atoms with van der Waals surface area (Å²) in [7, 11) is 1.87. The van der Waals surface area contributed by atoms with Crippen LogP contribution in [0.5, 0.6) is 0 Å². The van der Waals surface area contributed by atoms with E-state index in [-0.39, 0.29) is 18.0 Å². The third kappa shape index (κ3) is 3.02. The van der Waals surface area contributed by atoms with E-state index in [2.05, 4.69) is 27.1 Å². The summed E-state index contributed by atoms with van der Waals surface area (Å²) in [4.78, 5) is 20.7. The highest BCUT2D eigenvalue weighted by Crippen LogP contribution is 2.35. The summed E-state index contributed by atoms with van der Waals surface area (Å²) in [5.74, 6) is 2.87. The monoisotopic (exact) mass is 448 g/mol. The maximum Gasteiger partial charge on any atom is 0.298 e. The van der Waals surface area contributed by atoms with Crippen LogP contribution in [0.15, 0.2) is 49.2 Å². The largest absolute Gasteiger partial charge is 0.352 e. The predicted molar refractivity (Wildman–Crippen MR) is 125 cm³/mol. The third-order valence-corrected chi connectivity index (χ3v) is 6.70. The molecule has 0 N–H and O–H groups in total. The van der Waals surface area contributed by atoms with Gasteiger partial charge in [-0.1, -0.05) is 0 Å². The summed E-state index contributed by atoms with van der Waals surface area (Å²) < 4.78 is 3.49. The number of fused-ring (bicyclic) bond motifs is 3. The van der Waals surface area contributed by atoms with Crippen molar-refractivity contribution in [2.45, 2.75) is 18.5 Å². The maximum absolute atomic E-state index is 11.9. The van der Waals surface area contributed by atoms with Crippen LogP contribution >= 0.6 is 0 Å². The molecule has 9 heteroatoms. The lowest BCUT2D eigenvalue weighted by Gasteiger charge is -2.55. The van der Waals surface area contributed by atoms with Gasteiger partial charge >= 0.3 is 0 Å². The number of aromatic nitrogens is 5. The number of aryl methyl sites for hydroxylation is 1. The third-order valence-electron chi connectivity index (χ3n) is 6.70. The van der Waals surface area contributed by atoms with Crippen molar-refractivity contribution in [1.29, 1.82) is 5.26 Å². The van der Waals surface area contributed by atoms with Gasteiger partial charge in [0.25, 0.3) is 5.91 Å². The molecule has 3 aliphatic heterocycles. The first-order valence-corrected chi connectivity index (χ1v) is 11.0. The van der Waals surface area contributed by atoms with Crippen LogP contribution in [0, 0.1) is 23.7 Å². The van der Waals surface area contributed by atoms with Gasteiger partial charge in [0, 0.05) is 61.0 Å². The van der Waals surface area contributed by atoms with E-state index in [4.69, 9.17) is 11.4 Å². The van der Waals surface area contributed by atoms with Gasteiger partial charge in [-0.05, 0) is 30.5 Å². The lowest BCUT2D eigenvalue weighted by atomic mass is 9.87. The Hall–Kier alpha value is -4.63. The van der Waals surface area contributed by atoms with Crippen molar-refractivity contribution in [2.24, 2.45) is 7.05 Å². The van der Waals surface area contributed by atoms with Gasteiger partial charge in [-0.3, -0.25) is 9.48 Å². The number of carbonyl (C=O) groups excluding carboxylic acids is 1. The molecule has 0 aliphatic carbocycles. The van der Waals surface area contributed by atoms with Gasteiger partial charge in [0.2, 0.25) is 0 Å². The van der Waals surface area contributed by atoms with Gasteiger partial charge in [-0.15, -0.1) is 6.42 Å². The molecule has 4 aromatic heterocycles. The molecule has 0 saturated carbocycles. The fourth-order valence-corrected chi connectivity index (χ4v) is 5.09. The van der Waals surface area contributed by atoms with Crippen molar-refractivity contribution in [3.05, 3.63) is 54.7 Å². The van der Waals surface area contributed by atoms with Gasteiger partial charge < -0.3 is 9.80 Å². The number of carbonyl (C=O) groups is 1. The molecule has 2 atom stereocenters. The van der Waals surface area contributed by atoms with E-state index in [9.17, 15) is 10.1 Å². The average molecular weight is 448 g/mol. The molecule has 3 aliphatic rings. The quantitative estimate of drug-likeness (QED) is 0.446. The normalized spacial score (nSPS) is 18.9. The standard InChI is InChI=1S/C25H20N8O/c1-3-24(34)33-20-7-21(33)15-31(14-20)23-5-4-16(9-27-23)22-6-17(19-11-28-30(2)12-19)13-32-25(22)18(8-26)10-29-32/h1,4-6,9-13,20-21H,7,14-15H2,2H3. The Morgan fingerprint density at radius 1 is 1.09 bits per heavy atom. The first-order chi connectivity index (χ1) is 16.6. The Balaban J connectivity index is 1.35. The van der Waals surface area contributed by atoms with Gasteiger partial charge in [0.15, 0.2) is 0 Å². The molecule has 9 nitrogen and oxygen atoms in total. The molecular formula is C25H20N8O. The second-order valence-electron chi connectivity index (χ2n) is 8.72. The zero-order chi connectivity index (χ0) is 23.4. The van der Waals surface area contributed by atoms with E-state index < -0.39 is 0 Å². The van der Waals surface area contributed by atoms with Gasteiger partial charge in [-0.25, -0.2) is 9.50 Å². The van der Waals surface area contributed by atoms with Crippen LogP contribution in [0.25, 0.3) is 27.8 Å². The van der Waals surface area contributed by atoms with Crippen molar-refractivity contribution in [3.63, 3.8) is 0 Å². The van der Waals surface area contributed by atoms with Crippen LogP contribution in [0.4, 0.5) is 5.82 Å². The molecule has 7 rings (SSSR count). The van der Waals surface area contributed by atoms with Gasteiger partial charge in [-0.2, -0.15) is 15.5 Å². The lowest BCUT2D eigenvalue weighted by Crippen LogP contribution is -2.70. The number of hydrogen-bond acceptors (Lipinski definition) is 6. The highest BCUT2D eigenvalue weighted by atomic mass is 16.2. The molecular weight excluding hydrogens is 428 g/mol. The van der Waals surface area contributed by atoms with Crippen LogP contribution in [-0.4, -0.2) is 60.4 Å². The lowest BCUT2D eigenvalue weighted by molar-refractivity contribution is -0.139. The fourth-order valence-electron chi connectivity index (χ4n) is 5.09. The maximum atomic E-state index is 11.9. The number of hydrogen-bond donors (Lipinski definition) is 0. The molecule has 0 spiro atoms. The highest BCUT2D eigenvalue weighted by Gasteiger charge is 2.47. The minimum atomic E-state index is -0.226. The summed E-state index contributed by atoms with van der Waals surface area (Å²) in [5, 5.41) is 18.3. The fraction of sp³-hybridized carbons (Fsp3) is 0.240.